The number of carboxylic acids is 2. The fourth-order valence-electron chi connectivity index (χ4n) is 1.56. The lowest BCUT2D eigenvalue weighted by molar-refractivity contribution is -0.140. The van der Waals surface area contributed by atoms with Gasteiger partial charge in [0.25, 0.3) is 0 Å². The molecule has 0 aliphatic rings. The van der Waals surface area contributed by atoms with E-state index in [1.54, 1.807) is 11.8 Å². The van der Waals surface area contributed by atoms with Crippen LogP contribution in [-0.4, -0.2) is 52.3 Å². The first kappa shape index (κ1) is 18.6. The standard InChI is InChI=1S/C12H22N2O5S/c1-3-8(7-20-2)13-12(19)14-9(11(17)18)5-4-6-10(15)16/h8-9H,3-7H2,1-2H3,(H,15,16)(H,17,18)(H2,13,14,19)/t8?,9-/m1/s1. The van der Waals surface area contributed by atoms with Crippen molar-refractivity contribution in [3.63, 3.8) is 0 Å². The van der Waals surface area contributed by atoms with Gasteiger partial charge >= 0.3 is 18.0 Å². The van der Waals surface area contributed by atoms with Crippen molar-refractivity contribution in [2.24, 2.45) is 0 Å². The summed E-state index contributed by atoms with van der Waals surface area (Å²) in [4.78, 5) is 33.1. The Morgan fingerprint density at radius 3 is 2.30 bits per heavy atom. The SMILES string of the molecule is CCC(CSC)NC(=O)N[C@H](CCCC(=O)O)C(=O)O. The van der Waals surface area contributed by atoms with Gasteiger partial charge in [0.2, 0.25) is 0 Å². The molecule has 0 heterocycles. The van der Waals surface area contributed by atoms with Gasteiger partial charge in [0.05, 0.1) is 0 Å². The monoisotopic (exact) mass is 306 g/mol. The zero-order chi connectivity index (χ0) is 15.5. The van der Waals surface area contributed by atoms with Crippen molar-refractivity contribution >= 4 is 29.7 Å². The lowest BCUT2D eigenvalue weighted by Crippen LogP contribution is -2.49. The molecule has 0 aromatic carbocycles. The molecule has 0 bridgehead atoms. The van der Waals surface area contributed by atoms with Crippen molar-refractivity contribution in [1.82, 2.24) is 10.6 Å². The molecule has 0 aromatic rings. The van der Waals surface area contributed by atoms with Gasteiger partial charge in [-0.1, -0.05) is 6.92 Å². The maximum absolute atomic E-state index is 11.7. The van der Waals surface area contributed by atoms with E-state index >= 15 is 0 Å². The van der Waals surface area contributed by atoms with E-state index in [4.69, 9.17) is 10.2 Å². The molecule has 2 atom stereocenters. The van der Waals surface area contributed by atoms with Crippen LogP contribution in [0, 0.1) is 0 Å². The highest BCUT2D eigenvalue weighted by Gasteiger charge is 2.21. The van der Waals surface area contributed by atoms with Crippen LogP contribution in [-0.2, 0) is 9.59 Å². The summed E-state index contributed by atoms with van der Waals surface area (Å²) in [6.45, 7) is 1.93. The van der Waals surface area contributed by atoms with E-state index < -0.39 is 24.0 Å². The van der Waals surface area contributed by atoms with Crippen molar-refractivity contribution in [2.45, 2.75) is 44.7 Å². The molecule has 1 unspecified atom stereocenters. The van der Waals surface area contributed by atoms with Crippen molar-refractivity contribution in [3.05, 3.63) is 0 Å². The van der Waals surface area contributed by atoms with Gasteiger partial charge < -0.3 is 20.8 Å². The second-order valence-corrected chi connectivity index (χ2v) is 5.27. The predicted molar refractivity (Wildman–Crippen MR) is 77.0 cm³/mol. The summed E-state index contributed by atoms with van der Waals surface area (Å²) in [7, 11) is 0. The smallest absolute Gasteiger partial charge is 0.326 e. The van der Waals surface area contributed by atoms with Gasteiger partial charge in [-0.3, -0.25) is 4.79 Å². The van der Waals surface area contributed by atoms with Gasteiger partial charge in [0.1, 0.15) is 6.04 Å². The number of amides is 2. The fourth-order valence-corrected chi connectivity index (χ4v) is 2.28. The first-order chi connectivity index (χ1) is 9.40. The van der Waals surface area contributed by atoms with Crippen LogP contribution in [0.4, 0.5) is 4.79 Å². The van der Waals surface area contributed by atoms with Crippen LogP contribution in [0.3, 0.4) is 0 Å². The van der Waals surface area contributed by atoms with Gasteiger partial charge in [0.15, 0.2) is 0 Å². The molecule has 0 spiro atoms. The van der Waals surface area contributed by atoms with E-state index in [1.165, 1.54) is 0 Å². The van der Waals surface area contributed by atoms with Crippen molar-refractivity contribution in [3.8, 4) is 0 Å². The van der Waals surface area contributed by atoms with E-state index in [9.17, 15) is 14.4 Å². The zero-order valence-electron chi connectivity index (χ0n) is 11.7. The normalized spacial score (nSPS) is 13.3. The number of aliphatic carboxylic acids is 2. The summed E-state index contributed by atoms with van der Waals surface area (Å²) in [5, 5.41) is 22.6. The molecule has 20 heavy (non-hydrogen) atoms. The highest BCUT2D eigenvalue weighted by atomic mass is 32.2. The molecular formula is C12H22N2O5S. The number of carbonyl (C=O) groups is 3. The third-order valence-corrected chi connectivity index (χ3v) is 3.42. The van der Waals surface area contributed by atoms with Crippen LogP contribution in [0.2, 0.25) is 0 Å². The summed E-state index contributed by atoms with van der Waals surface area (Å²) in [6.07, 6.45) is 2.86. The van der Waals surface area contributed by atoms with E-state index in [0.717, 1.165) is 12.2 Å². The number of carbonyl (C=O) groups excluding carboxylic acids is 1. The Hall–Kier alpha value is -1.44. The molecule has 0 aliphatic carbocycles. The third-order valence-electron chi connectivity index (χ3n) is 2.68. The minimum atomic E-state index is -1.16. The second-order valence-electron chi connectivity index (χ2n) is 4.36. The molecule has 0 aliphatic heterocycles. The first-order valence-corrected chi connectivity index (χ1v) is 7.80. The molecule has 0 saturated heterocycles. The number of nitrogens with one attached hydrogen (secondary N) is 2. The van der Waals surface area contributed by atoms with E-state index in [2.05, 4.69) is 10.6 Å². The van der Waals surface area contributed by atoms with Crippen LogP contribution >= 0.6 is 11.8 Å². The number of rotatable bonds is 10. The van der Waals surface area contributed by atoms with Crippen LogP contribution < -0.4 is 10.6 Å². The molecule has 7 nitrogen and oxygen atoms in total. The number of thioether (sulfide) groups is 1. The van der Waals surface area contributed by atoms with Gasteiger partial charge in [-0.2, -0.15) is 11.8 Å². The largest absolute Gasteiger partial charge is 0.481 e. The summed E-state index contributed by atoms with van der Waals surface area (Å²) >= 11 is 1.59. The predicted octanol–water partition coefficient (Wildman–Crippen LogP) is 1.14. The number of hydrogen-bond donors (Lipinski definition) is 4. The molecule has 0 radical (unpaired) electrons. The van der Waals surface area contributed by atoms with Crippen molar-refractivity contribution in [1.29, 1.82) is 0 Å². The highest BCUT2D eigenvalue weighted by molar-refractivity contribution is 7.98. The lowest BCUT2D eigenvalue weighted by Gasteiger charge is -2.19. The maximum atomic E-state index is 11.7. The molecular weight excluding hydrogens is 284 g/mol. The number of carboxylic acid groups (broad SMARTS) is 2. The Labute approximate surface area is 122 Å². The third kappa shape index (κ3) is 8.63. The van der Waals surface area contributed by atoms with Crippen LogP contribution in [0.1, 0.15) is 32.6 Å². The van der Waals surface area contributed by atoms with E-state index in [1.807, 2.05) is 13.2 Å². The van der Waals surface area contributed by atoms with Gasteiger partial charge in [0, 0.05) is 18.2 Å². The summed E-state index contributed by atoms with van der Waals surface area (Å²) in [6, 6.07) is -1.62. The minimum absolute atomic E-state index is 0.0153. The molecule has 116 valence electrons. The maximum Gasteiger partial charge on any atom is 0.326 e. The average molecular weight is 306 g/mol. The highest BCUT2D eigenvalue weighted by Crippen LogP contribution is 2.03. The molecule has 4 N–H and O–H groups in total. The number of urea groups is 1. The van der Waals surface area contributed by atoms with Crippen molar-refractivity contribution < 1.29 is 24.6 Å². The zero-order valence-corrected chi connectivity index (χ0v) is 12.5. The van der Waals surface area contributed by atoms with Gasteiger partial charge in [-0.15, -0.1) is 0 Å². The Balaban J connectivity index is 4.25. The van der Waals surface area contributed by atoms with Crippen LogP contribution in [0.5, 0.6) is 0 Å². The molecule has 0 saturated carbocycles. The fraction of sp³-hybridized carbons (Fsp3) is 0.750. The number of hydrogen-bond acceptors (Lipinski definition) is 4. The molecule has 0 fully saturated rings. The lowest BCUT2D eigenvalue weighted by atomic mass is 10.1. The Kier molecular flexibility index (Phi) is 9.61. The molecule has 2 amide bonds. The quantitative estimate of drug-likeness (QED) is 0.481. The van der Waals surface area contributed by atoms with Crippen LogP contribution in [0.25, 0.3) is 0 Å². The summed E-state index contributed by atoms with van der Waals surface area (Å²) in [5.74, 6) is -1.39. The van der Waals surface area contributed by atoms with Crippen molar-refractivity contribution in [2.75, 3.05) is 12.0 Å². The Morgan fingerprint density at radius 2 is 1.85 bits per heavy atom. The van der Waals surface area contributed by atoms with Crippen LogP contribution in [0.15, 0.2) is 0 Å². The molecule has 0 rings (SSSR count). The minimum Gasteiger partial charge on any atom is -0.481 e. The first-order valence-electron chi connectivity index (χ1n) is 6.41. The van der Waals surface area contributed by atoms with E-state index in [0.29, 0.717) is 0 Å². The topological polar surface area (TPSA) is 116 Å². The summed E-state index contributed by atoms with van der Waals surface area (Å²) in [5.41, 5.74) is 0. The summed E-state index contributed by atoms with van der Waals surface area (Å²) < 4.78 is 0. The average Bonchev–Trinajstić information content (AvgIpc) is 2.36. The second kappa shape index (κ2) is 10.4. The Bertz CT molecular complexity index is 338. The van der Waals surface area contributed by atoms with E-state index in [-0.39, 0.29) is 25.3 Å². The molecule has 8 heteroatoms. The Morgan fingerprint density at radius 1 is 1.20 bits per heavy atom. The van der Waals surface area contributed by atoms with Gasteiger partial charge in [-0.25, -0.2) is 9.59 Å². The molecule has 0 aromatic heterocycles. The van der Waals surface area contributed by atoms with Gasteiger partial charge in [-0.05, 0) is 25.5 Å².